The van der Waals surface area contributed by atoms with E-state index in [0.29, 0.717) is 26.1 Å². The van der Waals surface area contributed by atoms with Crippen LogP contribution in [0.5, 0.6) is 0 Å². The number of carboxylic acid groups (broad SMARTS) is 1. The molecule has 2 heterocycles. The lowest BCUT2D eigenvalue weighted by Gasteiger charge is -2.33. The number of amides is 2. The van der Waals surface area contributed by atoms with E-state index in [1.807, 2.05) is 0 Å². The molecule has 2 saturated heterocycles. The molecule has 0 spiro atoms. The summed E-state index contributed by atoms with van der Waals surface area (Å²) in [5.74, 6) is -0.502. The standard InChI is InChI=1S/C16H26N2O4/c19-14-5-3-1-2-4-8-18(14)12-15(20)17-9-6-13(7-10-17)11-16(21)22/h13H,1-12H2,(H,21,22). The molecule has 2 aliphatic rings. The summed E-state index contributed by atoms with van der Waals surface area (Å²) in [6.45, 7) is 2.08. The quantitative estimate of drug-likeness (QED) is 0.853. The SMILES string of the molecule is O=C(O)CC1CCN(C(=O)CN2CCCCCCC2=O)CC1. The van der Waals surface area contributed by atoms with E-state index >= 15 is 0 Å². The van der Waals surface area contributed by atoms with Crippen LogP contribution in [0.4, 0.5) is 0 Å². The van der Waals surface area contributed by atoms with Crippen molar-refractivity contribution in [2.24, 2.45) is 5.92 Å². The van der Waals surface area contributed by atoms with Crippen molar-refractivity contribution in [3.8, 4) is 0 Å². The molecule has 0 bridgehead atoms. The van der Waals surface area contributed by atoms with Crippen molar-refractivity contribution < 1.29 is 19.5 Å². The van der Waals surface area contributed by atoms with Crippen LogP contribution in [0, 0.1) is 5.92 Å². The lowest BCUT2D eigenvalue weighted by molar-refractivity contribution is -0.142. The van der Waals surface area contributed by atoms with Crippen molar-refractivity contribution >= 4 is 17.8 Å². The van der Waals surface area contributed by atoms with E-state index in [4.69, 9.17) is 5.11 Å². The Morgan fingerprint density at radius 2 is 1.73 bits per heavy atom. The molecular weight excluding hydrogens is 284 g/mol. The molecule has 2 rings (SSSR count). The third-order valence-corrected chi connectivity index (χ3v) is 4.68. The molecule has 124 valence electrons. The molecule has 1 N–H and O–H groups in total. The first-order chi connectivity index (χ1) is 10.6. The predicted octanol–water partition coefficient (Wildman–Crippen LogP) is 1.49. The lowest BCUT2D eigenvalue weighted by atomic mass is 9.93. The van der Waals surface area contributed by atoms with Crippen molar-refractivity contribution in [3.63, 3.8) is 0 Å². The maximum absolute atomic E-state index is 12.4. The number of carboxylic acids is 1. The number of carbonyl (C=O) groups excluding carboxylic acids is 2. The highest BCUT2D eigenvalue weighted by atomic mass is 16.4. The van der Waals surface area contributed by atoms with Gasteiger partial charge in [-0.05, 0) is 31.6 Å². The molecule has 0 aromatic heterocycles. The summed E-state index contributed by atoms with van der Waals surface area (Å²) in [5, 5.41) is 8.81. The number of piperidine rings is 1. The molecule has 0 saturated carbocycles. The number of hydrogen-bond acceptors (Lipinski definition) is 3. The van der Waals surface area contributed by atoms with Crippen LogP contribution < -0.4 is 0 Å². The van der Waals surface area contributed by atoms with Gasteiger partial charge in [-0.1, -0.05) is 12.8 Å². The monoisotopic (exact) mass is 310 g/mol. The summed E-state index contributed by atoms with van der Waals surface area (Å²) in [6, 6.07) is 0. The van der Waals surface area contributed by atoms with Crippen LogP contribution in [0.3, 0.4) is 0 Å². The van der Waals surface area contributed by atoms with Crippen molar-refractivity contribution in [1.29, 1.82) is 0 Å². The lowest BCUT2D eigenvalue weighted by Crippen LogP contribution is -2.46. The highest BCUT2D eigenvalue weighted by Gasteiger charge is 2.26. The van der Waals surface area contributed by atoms with Gasteiger partial charge in [0.2, 0.25) is 11.8 Å². The third-order valence-electron chi connectivity index (χ3n) is 4.68. The minimum Gasteiger partial charge on any atom is -0.481 e. The van der Waals surface area contributed by atoms with Gasteiger partial charge in [0.15, 0.2) is 0 Å². The van der Waals surface area contributed by atoms with Gasteiger partial charge in [0, 0.05) is 32.5 Å². The molecule has 6 heteroatoms. The fourth-order valence-electron chi connectivity index (χ4n) is 3.28. The zero-order valence-electron chi connectivity index (χ0n) is 13.1. The van der Waals surface area contributed by atoms with Gasteiger partial charge in [-0.15, -0.1) is 0 Å². The van der Waals surface area contributed by atoms with Crippen LogP contribution in [0.15, 0.2) is 0 Å². The largest absolute Gasteiger partial charge is 0.481 e. The second-order valence-corrected chi connectivity index (χ2v) is 6.40. The fraction of sp³-hybridized carbons (Fsp3) is 0.812. The Bertz CT molecular complexity index is 416. The van der Waals surface area contributed by atoms with E-state index in [1.54, 1.807) is 9.80 Å². The van der Waals surface area contributed by atoms with E-state index in [1.165, 1.54) is 0 Å². The van der Waals surface area contributed by atoms with Crippen LogP contribution >= 0.6 is 0 Å². The predicted molar refractivity (Wildman–Crippen MR) is 81.2 cm³/mol. The van der Waals surface area contributed by atoms with Crippen molar-refractivity contribution in [2.75, 3.05) is 26.2 Å². The molecule has 6 nitrogen and oxygen atoms in total. The van der Waals surface area contributed by atoms with Gasteiger partial charge < -0.3 is 14.9 Å². The smallest absolute Gasteiger partial charge is 0.303 e. The maximum Gasteiger partial charge on any atom is 0.303 e. The maximum atomic E-state index is 12.4. The Labute approximate surface area is 131 Å². The molecule has 2 amide bonds. The minimum absolute atomic E-state index is 0.00250. The average Bonchev–Trinajstić information content (AvgIpc) is 2.47. The topological polar surface area (TPSA) is 77.9 Å². The first kappa shape index (κ1) is 16.8. The minimum atomic E-state index is -0.768. The van der Waals surface area contributed by atoms with Crippen molar-refractivity contribution in [3.05, 3.63) is 0 Å². The summed E-state index contributed by atoms with van der Waals surface area (Å²) < 4.78 is 0. The zero-order valence-corrected chi connectivity index (χ0v) is 13.1. The fourth-order valence-corrected chi connectivity index (χ4v) is 3.28. The Kier molecular flexibility index (Phi) is 6.21. The second kappa shape index (κ2) is 8.15. The van der Waals surface area contributed by atoms with Gasteiger partial charge in [-0.2, -0.15) is 0 Å². The van der Waals surface area contributed by atoms with Gasteiger partial charge >= 0.3 is 5.97 Å². The summed E-state index contributed by atoms with van der Waals surface area (Å²) in [4.78, 5) is 38.6. The highest BCUT2D eigenvalue weighted by Crippen LogP contribution is 2.21. The van der Waals surface area contributed by atoms with Crippen LogP contribution in [0.1, 0.15) is 51.4 Å². The highest BCUT2D eigenvalue weighted by molar-refractivity contribution is 5.85. The summed E-state index contributed by atoms with van der Waals surface area (Å²) >= 11 is 0. The first-order valence-corrected chi connectivity index (χ1v) is 8.33. The molecule has 0 radical (unpaired) electrons. The number of hydrogen-bond donors (Lipinski definition) is 1. The van der Waals surface area contributed by atoms with Crippen molar-refractivity contribution in [1.82, 2.24) is 9.80 Å². The normalized spacial score (nSPS) is 21.4. The van der Waals surface area contributed by atoms with Gasteiger partial charge in [0.25, 0.3) is 0 Å². The molecule has 2 aliphatic heterocycles. The number of aliphatic carboxylic acids is 1. The molecule has 22 heavy (non-hydrogen) atoms. The molecule has 2 fully saturated rings. The van der Waals surface area contributed by atoms with Crippen molar-refractivity contribution in [2.45, 2.75) is 51.4 Å². The second-order valence-electron chi connectivity index (χ2n) is 6.40. The average molecular weight is 310 g/mol. The first-order valence-electron chi connectivity index (χ1n) is 8.33. The van der Waals surface area contributed by atoms with Crippen LogP contribution in [0.2, 0.25) is 0 Å². The van der Waals surface area contributed by atoms with Gasteiger partial charge in [-0.25, -0.2) is 0 Å². The summed E-state index contributed by atoms with van der Waals surface area (Å²) in [6.07, 6.45) is 6.34. The Hall–Kier alpha value is -1.59. The number of nitrogens with zero attached hydrogens (tertiary/aromatic N) is 2. The molecule has 0 aliphatic carbocycles. The summed E-state index contributed by atoms with van der Waals surface area (Å²) in [5.41, 5.74) is 0. The zero-order chi connectivity index (χ0) is 15.9. The molecule has 0 atom stereocenters. The van der Waals surface area contributed by atoms with Gasteiger partial charge in [0.1, 0.15) is 0 Å². The van der Waals surface area contributed by atoms with Gasteiger partial charge in [-0.3, -0.25) is 14.4 Å². The van der Waals surface area contributed by atoms with Crippen LogP contribution in [-0.2, 0) is 14.4 Å². The van der Waals surface area contributed by atoms with Gasteiger partial charge in [0.05, 0.1) is 6.54 Å². The molecule has 0 aromatic carbocycles. The van der Waals surface area contributed by atoms with E-state index in [-0.39, 0.29) is 30.7 Å². The molecular formula is C16H26N2O4. The Morgan fingerprint density at radius 3 is 2.41 bits per heavy atom. The van der Waals surface area contributed by atoms with E-state index in [9.17, 15) is 14.4 Å². The van der Waals surface area contributed by atoms with E-state index in [2.05, 4.69) is 0 Å². The third kappa shape index (κ3) is 5.00. The molecule has 0 unspecified atom stereocenters. The van der Waals surface area contributed by atoms with E-state index in [0.717, 1.165) is 38.5 Å². The number of rotatable bonds is 4. The number of likely N-dealkylation sites (tertiary alicyclic amines) is 2. The van der Waals surface area contributed by atoms with E-state index < -0.39 is 5.97 Å². The molecule has 0 aromatic rings. The Balaban J connectivity index is 1.79. The van der Waals surface area contributed by atoms with Crippen LogP contribution in [0.25, 0.3) is 0 Å². The number of carbonyl (C=O) groups is 3. The van der Waals surface area contributed by atoms with Crippen LogP contribution in [-0.4, -0.2) is 58.9 Å². The summed E-state index contributed by atoms with van der Waals surface area (Å²) in [7, 11) is 0. The Morgan fingerprint density at radius 1 is 1.05 bits per heavy atom.